The molecule has 6 nitrogen and oxygen atoms in total. The maximum atomic E-state index is 11.7. The number of allylic oxidation sites excluding steroid dienone is 1. The second-order valence-corrected chi connectivity index (χ2v) is 7.92. The van der Waals surface area contributed by atoms with Gasteiger partial charge in [-0.3, -0.25) is 9.59 Å². The molecule has 0 radical (unpaired) electrons. The molecule has 0 fully saturated rings. The average Bonchev–Trinajstić information content (AvgIpc) is 2.54. The Hall–Kier alpha value is -1.37. The number of carbonyl (C=O) groups is 2. The molecule has 2 atom stereocenters. The third-order valence-corrected chi connectivity index (χ3v) is 4.07. The number of ether oxygens (including phenoxy) is 1. The summed E-state index contributed by atoms with van der Waals surface area (Å²) < 4.78 is 27.4. The fourth-order valence-corrected chi connectivity index (χ4v) is 3.15. The molecule has 0 aliphatic carbocycles. The number of sulfone groups is 1. The zero-order valence-electron chi connectivity index (χ0n) is 12.2. The fraction of sp³-hybridized carbons (Fsp3) is 0.692. The van der Waals surface area contributed by atoms with Crippen LogP contribution in [0.5, 0.6) is 0 Å². The van der Waals surface area contributed by atoms with Gasteiger partial charge in [0.25, 0.3) is 5.91 Å². The summed E-state index contributed by atoms with van der Waals surface area (Å²) in [4.78, 5) is 23.4. The second kappa shape index (κ2) is 5.95. The van der Waals surface area contributed by atoms with E-state index in [2.05, 4.69) is 5.32 Å². The number of carbonyl (C=O) groups excluding carboxylic acids is 2. The molecule has 20 heavy (non-hydrogen) atoms. The van der Waals surface area contributed by atoms with Gasteiger partial charge in [0.05, 0.1) is 12.2 Å². The Balaban J connectivity index is 2.43. The quantitative estimate of drug-likeness (QED) is 0.775. The molecular weight excluding hydrogens is 282 g/mol. The number of esters is 1. The SMILES string of the molecule is CC(OC(=O)CC1C=CS(=O)(=O)C1)C(=O)NC(C)(C)C. The molecule has 1 aliphatic rings. The maximum Gasteiger partial charge on any atom is 0.307 e. The summed E-state index contributed by atoms with van der Waals surface area (Å²) in [5.74, 6) is -1.40. The number of hydrogen-bond donors (Lipinski definition) is 1. The van der Waals surface area contributed by atoms with Crippen molar-refractivity contribution in [2.75, 3.05) is 5.75 Å². The third kappa shape index (κ3) is 5.73. The van der Waals surface area contributed by atoms with Crippen molar-refractivity contribution in [3.05, 3.63) is 11.5 Å². The van der Waals surface area contributed by atoms with Crippen molar-refractivity contribution >= 4 is 21.7 Å². The Morgan fingerprint density at radius 3 is 2.45 bits per heavy atom. The average molecular weight is 303 g/mol. The summed E-state index contributed by atoms with van der Waals surface area (Å²) in [6, 6.07) is 0. The van der Waals surface area contributed by atoms with Crippen LogP contribution in [0.15, 0.2) is 11.5 Å². The lowest BCUT2D eigenvalue weighted by Gasteiger charge is -2.23. The minimum absolute atomic E-state index is 0.0388. The molecule has 1 aliphatic heterocycles. The first-order chi connectivity index (χ1) is 8.98. The van der Waals surface area contributed by atoms with Gasteiger partial charge in [-0.1, -0.05) is 6.08 Å². The summed E-state index contributed by atoms with van der Waals surface area (Å²) >= 11 is 0. The molecule has 0 spiro atoms. The van der Waals surface area contributed by atoms with Crippen LogP contribution in [-0.4, -0.2) is 37.7 Å². The zero-order chi connectivity index (χ0) is 15.6. The minimum atomic E-state index is -3.18. The van der Waals surface area contributed by atoms with E-state index in [0.717, 1.165) is 5.41 Å². The van der Waals surface area contributed by atoms with Crippen LogP contribution in [0, 0.1) is 5.92 Å². The van der Waals surface area contributed by atoms with Crippen molar-refractivity contribution in [2.24, 2.45) is 5.92 Å². The first-order valence-corrected chi connectivity index (χ1v) is 8.12. The number of hydrogen-bond acceptors (Lipinski definition) is 5. The molecule has 2 unspecified atom stereocenters. The predicted molar refractivity (Wildman–Crippen MR) is 74.5 cm³/mol. The predicted octanol–water partition coefficient (Wildman–Crippen LogP) is 0.781. The lowest BCUT2D eigenvalue weighted by molar-refractivity contribution is -0.155. The highest BCUT2D eigenvalue weighted by atomic mass is 32.2. The minimum Gasteiger partial charge on any atom is -0.453 e. The van der Waals surface area contributed by atoms with Crippen molar-refractivity contribution in [2.45, 2.75) is 45.8 Å². The maximum absolute atomic E-state index is 11.7. The molecule has 7 heteroatoms. The van der Waals surface area contributed by atoms with E-state index in [4.69, 9.17) is 4.74 Å². The van der Waals surface area contributed by atoms with E-state index >= 15 is 0 Å². The number of amides is 1. The molecule has 0 aromatic heterocycles. The Bertz CT molecular complexity index is 515. The van der Waals surface area contributed by atoms with Crippen molar-refractivity contribution in [1.82, 2.24) is 5.32 Å². The van der Waals surface area contributed by atoms with Gasteiger partial charge in [-0.2, -0.15) is 0 Å². The van der Waals surface area contributed by atoms with Gasteiger partial charge in [-0.15, -0.1) is 0 Å². The molecule has 0 saturated heterocycles. The molecule has 1 N–H and O–H groups in total. The highest BCUT2D eigenvalue weighted by Gasteiger charge is 2.27. The molecule has 0 bridgehead atoms. The highest BCUT2D eigenvalue weighted by molar-refractivity contribution is 7.94. The fourth-order valence-electron chi connectivity index (χ4n) is 1.75. The Morgan fingerprint density at radius 1 is 1.40 bits per heavy atom. The molecule has 1 amide bonds. The van der Waals surface area contributed by atoms with E-state index < -0.39 is 27.4 Å². The van der Waals surface area contributed by atoms with Gasteiger partial charge in [0, 0.05) is 16.9 Å². The van der Waals surface area contributed by atoms with Crippen LogP contribution < -0.4 is 5.32 Å². The Morgan fingerprint density at radius 2 is 2.00 bits per heavy atom. The summed E-state index contributed by atoms with van der Waals surface area (Å²) in [7, 11) is -3.18. The standard InChI is InChI=1S/C13H21NO5S/c1-9(12(16)14-13(2,3)4)19-11(15)7-10-5-6-20(17,18)8-10/h5-6,9-10H,7-8H2,1-4H3,(H,14,16). The molecule has 0 saturated carbocycles. The van der Waals surface area contributed by atoms with E-state index in [9.17, 15) is 18.0 Å². The van der Waals surface area contributed by atoms with Gasteiger partial charge in [0.2, 0.25) is 0 Å². The van der Waals surface area contributed by atoms with Gasteiger partial charge in [0.1, 0.15) is 0 Å². The Kier molecular flexibility index (Phi) is 4.96. The largest absolute Gasteiger partial charge is 0.453 e. The molecule has 0 aromatic carbocycles. The summed E-state index contributed by atoms with van der Waals surface area (Å²) in [5.41, 5.74) is -0.403. The van der Waals surface area contributed by atoms with E-state index in [1.165, 1.54) is 13.0 Å². The third-order valence-electron chi connectivity index (χ3n) is 2.61. The highest BCUT2D eigenvalue weighted by Crippen LogP contribution is 2.19. The zero-order valence-corrected chi connectivity index (χ0v) is 13.0. The molecular formula is C13H21NO5S. The van der Waals surface area contributed by atoms with E-state index in [1.807, 2.05) is 20.8 Å². The first-order valence-electron chi connectivity index (χ1n) is 6.41. The Labute approximate surface area is 119 Å². The van der Waals surface area contributed by atoms with E-state index in [0.29, 0.717) is 0 Å². The van der Waals surface area contributed by atoms with Crippen LogP contribution >= 0.6 is 0 Å². The van der Waals surface area contributed by atoms with Crippen LogP contribution in [0.4, 0.5) is 0 Å². The topological polar surface area (TPSA) is 89.5 Å². The smallest absolute Gasteiger partial charge is 0.307 e. The van der Waals surface area contributed by atoms with Crippen LogP contribution in [-0.2, 0) is 24.2 Å². The monoisotopic (exact) mass is 303 g/mol. The van der Waals surface area contributed by atoms with Gasteiger partial charge in [0.15, 0.2) is 15.9 Å². The van der Waals surface area contributed by atoms with Gasteiger partial charge >= 0.3 is 5.97 Å². The van der Waals surface area contributed by atoms with Gasteiger partial charge in [-0.05, 0) is 27.7 Å². The van der Waals surface area contributed by atoms with Gasteiger partial charge in [-0.25, -0.2) is 8.42 Å². The first kappa shape index (κ1) is 16.7. The van der Waals surface area contributed by atoms with Crippen molar-refractivity contribution < 1.29 is 22.7 Å². The van der Waals surface area contributed by atoms with Gasteiger partial charge < -0.3 is 10.1 Å². The van der Waals surface area contributed by atoms with Crippen LogP contribution in [0.25, 0.3) is 0 Å². The number of nitrogens with one attached hydrogen (secondary N) is 1. The van der Waals surface area contributed by atoms with Crippen molar-refractivity contribution in [3.8, 4) is 0 Å². The second-order valence-electron chi connectivity index (χ2n) is 5.99. The van der Waals surface area contributed by atoms with Crippen molar-refractivity contribution in [1.29, 1.82) is 0 Å². The van der Waals surface area contributed by atoms with Crippen molar-refractivity contribution in [3.63, 3.8) is 0 Å². The van der Waals surface area contributed by atoms with E-state index in [1.54, 1.807) is 0 Å². The molecule has 0 aromatic rings. The molecule has 114 valence electrons. The number of rotatable bonds is 4. The normalized spacial score (nSPS) is 22.3. The molecule has 1 heterocycles. The van der Waals surface area contributed by atoms with Crippen LogP contribution in [0.2, 0.25) is 0 Å². The molecule has 1 rings (SSSR count). The van der Waals surface area contributed by atoms with E-state index in [-0.39, 0.29) is 24.0 Å². The summed E-state index contributed by atoms with van der Waals surface area (Å²) in [5, 5.41) is 3.82. The van der Waals surface area contributed by atoms with Crippen LogP contribution in [0.3, 0.4) is 0 Å². The summed E-state index contributed by atoms with van der Waals surface area (Å²) in [6.45, 7) is 6.97. The lowest BCUT2D eigenvalue weighted by Crippen LogP contribution is -2.46. The lowest BCUT2D eigenvalue weighted by atomic mass is 10.1. The van der Waals surface area contributed by atoms with Crippen LogP contribution in [0.1, 0.15) is 34.1 Å². The summed E-state index contributed by atoms with van der Waals surface area (Å²) in [6.07, 6.45) is 0.544.